The molecule has 1 N–H and O–H groups in total. The summed E-state index contributed by atoms with van der Waals surface area (Å²) in [7, 11) is 0. The molecule has 0 saturated carbocycles. The Kier molecular flexibility index (Phi) is 4.88. The molecule has 140 valence electrons. The number of carboxylic acids is 1. The minimum absolute atomic E-state index is 2.29. The van der Waals surface area contributed by atoms with Gasteiger partial charge in [0.15, 0.2) is 46.5 Å². The molecule has 0 aliphatic heterocycles. The Bertz CT molecular complexity index is 813. The molecular formula is C14H2F10O2. The molecule has 0 heterocycles. The molecule has 26 heavy (non-hydrogen) atoms. The van der Waals surface area contributed by atoms with E-state index in [0.29, 0.717) is 0 Å². The minimum atomic E-state index is -3.43. The smallest absolute Gasteiger partial charge is 0.315 e. The Hall–Kier alpha value is -2.79. The Morgan fingerprint density at radius 1 is 0.500 bits per heavy atom. The first-order valence-corrected chi connectivity index (χ1v) is 6.18. The average Bonchev–Trinajstić information content (AvgIpc) is 2.60. The molecule has 0 saturated heterocycles. The molecule has 0 unspecified atom stereocenters. The highest BCUT2D eigenvalue weighted by Gasteiger charge is 2.40. The zero-order chi connectivity index (χ0) is 20.1. The first-order chi connectivity index (χ1) is 11.9. The van der Waals surface area contributed by atoms with E-state index in [0.717, 1.165) is 0 Å². The van der Waals surface area contributed by atoms with Crippen LogP contribution in [-0.2, 0) is 4.79 Å². The molecule has 0 radical (unpaired) electrons. The van der Waals surface area contributed by atoms with Gasteiger partial charge in [0.25, 0.3) is 0 Å². The highest BCUT2D eigenvalue weighted by Crippen LogP contribution is 2.37. The Labute approximate surface area is 136 Å². The summed E-state index contributed by atoms with van der Waals surface area (Å²) >= 11 is 0. The van der Waals surface area contributed by atoms with Crippen LogP contribution in [-0.4, -0.2) is 11.1 Å². The number of hydrogen-bond acceptors (Lipinski definition) is 1. The number of carboxylic acid groups (broad SMARTS) is 1. The van der Waals surface area contributed by atoms with Gasteiger partial charge >= 0.3 is 5.97 Å². The summed E-state index contributed by atoms with van der Waals surface area (Å²) in [6.07, 6.45) is 0. The van der Waals surface area contributed by atoms with Crippen molar-refractivity contribution < 1.29 is 53.8 Å². The van der Waals surface area contributed by atoms with Gasteiger partial charge in [-0.15, -0.1) is 0 Å². The second kappa shape index (κ2) is 6.50. The molecule has 0 bridgehead atoms. The maximum Gasteiger partial charge on any atom is 0.315 e. The van der Waals surface area contributed by atoms with Gasteiger partial charge in [-0.3, -0.25) is 4.79 Å². The largest absolute Gasteiger partial charge is 0.481 e. The fourth-order valence-corrected chi connectivity index (χ4v) is 2.14. The van der Waals surface area contributed by atoms with Crippen molar-refractivity contribution >= 4 is 5.97 Å². The van der Waals surface area contributed by atoms with E-state index in [2.05, 4.69) is 0 Å². The number of aliphatic carboxylic acids is 1. The van der Waals surface area contributed by atoms with E-state index in [4.69, 9.17) is 5.11 Å². The Balaban J connectivity index is 2.99. The third kappa shape index (κ3) is 2.65. The molecular weight excluding hydrogens is 390 g/mol. The topological polar surface area (TPSA) is 37.3 Å². The molecule has 2 aromatic rings. The maximum absolute atomic E-state index is 13.8. The van der Waals surface area contributed by atoms with E-state index < -0.39 is 81.2 Å². The second-order valence-corrected chi connectivity index (χ2v) is 4.74. The number of rotatable bonds is 3. The molecule has 0 aromatic heterocycles. The average molecular weight is 392 g/mol. The summed E-state index contributed by atoms with van der Waals surface area (Å²) in [5, 5.41) is 8.94. The van der Waals surface area contributed by atoms with Gasteiger partial charge in [0, 0.05) is 11.1 Å². The van der Waals surface area contributed by atoms with Crippen molar-refractivity contribution in [2.45, 2.75) is 5.92 Å². The summed E-state index contributed by atoms with van der Waals surface area (Å²) in [5.41, 5.74) is -4.59. The van der Waals surface area contributed by atoms with Gasteiger partial charge in [0.1, 0.15) is 5.92 Å². The first kappa shape index (κ1) is 19.5. The van der Waals surface area contributed by atoms with Crippen LogP contribution in [0.5, 0.6) is 0 Å². The van der Waals surface area contributed by atoms with Crippen LogP contribution in [0.4, 0.5) is 43.9 Å². The van der Waals surface area contributed by atoms with Crippen LogP contribution in [0.15, 0.2) is 0 Å². The van der Waals surface area contributed by atoms with Gasteiger partial charge in [0.2, 0.25) is 11.6 Å². The van der Waals surface area contributed by atoms with Crippen LogP contribution in [0.2, 0.25) is 0 Å². The molecule has 0 amide bonds. The fraction of sp³-hybridized carbons (Fsp3) is 0.0714. The van der Waals surface area contributed by atoms with Crippen LogP contribution in [0, 0.1) is 58.2 Å². The van der Waals surface area contributed by atoms with Gasteiger partial charge in [-0.2, -0.15) is 0 Å². The van der Waals surface area contributed by atoms with Crippen molar-refractivity contribution in [1.29, 1.82) is 0 Å². The van der Waals surface area contributed by atoms with Gasteiger partial charge < -0.3 is 5.11 Å². The minimum Gasteiger partial charge on any atom is -0.481 e. The van der Waals surface area contributed by atoms with E-state index >= 15 is 0 Å². The Morgan fingerprint density at radius 3 is 0.885 bits per heavy atom. The van der Waals surface area contributed by atoms with E-state index in [-0.39, 0.29) is 0 Å². The van der Waals surface area contributed by atoms with E-state index in [1.165, 1.54) is 0 Å². The number of carbonyl (C=O) groups is 1. The van der Waals surface area contributed by atoms with Crippen molar-refractivity contribution in [3.05, 3.63) is 69.3 Å². The predicted molar refractivity (Wildman–Crippen MR) is 61.9 cm³/mol. The summed E-state index contributed by atoms with van der Waals surface area (Å²) in [5.74, 6) is -33.4. The number of benzene rings is 2. The lowest BCUT2D eigenvalue weighted by Gasteiger charge is -2.18. The Morgan fingerprint density at radius 2 is 0.692 bits per heavy atom. The molecule has 2 rings (SSSR count). The molecule has 0 fully saturated rings. The molecule has 0 aliphatic carbocycles. The third-order valence-electron chi connectivity index (χ3n) is 3.31. The van der Waals surface area contributed by atoms with Crippen molar-refractivity contribution in [1.82, 2.24) is 0 Å². The van der Waals surface area contributed by atoms with E-state index in [1.807, 2.05) is 0 Å². The molecule has 0 spiro atoms. The first-order valence-electron chi connectivity index (χ1n) is 6.18. The van der Waals surface area contributed by atoms with E-state index in [1.54, 1.807) is 0 Å². The van der Waals surface area contributed by atoms with Crippen molar-refractivity contribution in [2.75, 3.05) is 0 Å². The lowest BCUT2D eigenvalue weighted by Crippen LogP contribution is -2.23. The predicted octanol–water partition coefficient (Wildman–Crippen LogP) is 4.29. The van der Waals surface area contributed by atoms with Crippen LogP contribution >= 0.6 is 0 Å². The second-order valence-electron chi connectivity index (χ2n) is 4.74. The normalized spacial score (nSPS) is 11.3. The number of halogens is 10. The highest BCUT2D eigenvalue weighted by atomic mass is 19.2. The maximum atomic E-state index is 13.8. The standard InChI is InChI=1S/C14H2F10O2/c15-4-2(5(16)9(20)12(23)8(4)19)1(14(25)26)3-6(17)10(21)13(24)11(22)7(3)18/h1H,(H,25,26). The summed E-state index contributed by atoms with van der Waals surface area (Å²) < 4.78 is 134. The summed E-state index contributed by atoms with van der Waals surface area (Å²) in [4.78, 5) is 11.2. The van der Waals surface area contributed by atoms with E-state index in [9.17, 15) is 48.7 Å². The fourth-order valence-electron chi connectivity index (χ4n) is 2.14. The summed E-state index contributed by atoms with van der Waals surface area (Å²) in [6, 6.07) is 0. The molecule has 2 nitrogen and oxygen atoms in total. The van der Waals surface area contributed by atoms with Gasteiger partial charge in [-0.1, -0.05) is 0 Å². The van der Waals surface area contributed by atoms with Crippen LogP contribution < -0.4 is 0 Å². The molecule has 12 heteroatoms. The molecule has 0 atom stereocenters. The van der Waals surface area contributed by atoms with Crippen molar-refractivity contribution in [3.63, 3.8) is 0 Å². The van der Waals surface area contributed by atoms with Crippen LogP contribution in [0.3, 0.4) is 0 Å². The monoisotopic (exact) mass is 392 g/mol. The lowest BCUT2D eigenvalue weighted by atomic mass is 9.89. The zero-order valence-corrected chi connectivity index (χ0v) is 11.7. The van der Waals surface area contributed by atoms with Crippen LogP contribution in [0.1, 0.15) is 17.0 Å². The quantitative estimate of drug-likeness (QED) is 0.481. The van der Waals surface area contributed by atoms with Gasteiger partial charge in [0.05, 0.1) is 0 Å². The zero-order valence-electron chi connectivity index (χ0n) is 11.7. The third-order valence-corrected chi connectivity index (χ3v) is 3.31. The molecule has 2 aromatic carbocycles. The molecule has 0 aliphatic rings. The SMILES string of the molecule is O=C(O)C(c1c(F)c(F)c(F)c(F)c1F)c1c(F)c(F)c(F)c(F)c1F. The van der Waals surface area contributed by atoms with Gasteiger partial charge in [-0.05, 0) is 0 Å². The van der Waals surface area contributed by atoms with Crippen LogP contribution in [0.25, 0.3) is 0 Å². The summed E-state index contributed by atoms with van der Waals surface area (Å²) in [6.45, 7) is 0. The van der Waals surface area contributed by atoms with Crippen molar-refractivity contribution in [3.8, 4) is 0 Å². The van der Waals surface area contributed by atoms with Crippen molar-refractivity contribution in [2.24, 2.45) is 0 Å². The lowest BCUT2D eigenvalue weighted by molar-refractivity contribution is -0.138. The highest BCUT2D eigenvalue weighted by molar-refractivity contribution is 5.81. The number of hydrogen-bond donors (Lipinski definition) is 1. The van der Waals surface area contributed by atoms with Gasteiger partial charge in [-0.25, -0.2) is 43.9 Å².